The van der Waals surface area contributed by atoms with Crippen LogP contribution in [0.5, 0.6) is 0 Å². The van der Waals surface area contributed by atoms with E-state index in [9.17, 15) is 9.59 Å². The Labute approximate surface area is 123 Å². The van der Waals surface area contributed by atoms with Crippen molar-refractivity contribution in [1.29, 1.82) is 0 Å². The van der Waals surface area contributed by atoms with Crippen LogP contribution < -0.4 is 10.9 Å². The Morgan fingerprint density at radius 3 is 2.71 bits per heavy atom. The van der Waals surface area contributed by atoms with Gasteiger partial charge in [0.05, 0.1) is 11.7 Å². The van der Waals surface area contributed by atoms with Crippen molar-refractivity contribution >= 4 is 5.91 Å². The predicted molar refractivity (Wildman–Crippen MR) is 80.3 cm³/mol. The Balaban J connectivity index is 2.22. The third kappa shape index (κ3) is 3.04. The first-order valence-electron chi connectivity index (χ1n) is 6.98. The molecule has 0 unspecified atom stereocenters. The second-order valence-corrected chi connectivity index (χ2v) is 5.02. The number of nitrogens with one attached hydrogen (secondary N) is 2. The number of aromatic amines is 1. The van der Waals surface area contributed by atoms with Gasteiger partial charge in [0.2, 0.25) is 5.56 Å². The van der Waals surface area contributed by atoms with Gasteiger partial charge in [0.15, 0.2) is 0 Å². The zero-order valence-electron chi connectivity index (χ0n) is 12.7. The van der Waals surface area contributed by atoms with Crippen molar-refractivity contribution in [3.63, 3.8) is 0 Å². The molecule has 0 saturated carbocycles. The molecule has 2 heterocycles. The molecule has 112 valence electrons. The minimum absolute atomic E-state index is 0.179. The van der Waals surface area contributed by atoms with Crippen molar-refractivity contribution in [1.82, 2.24) is 20.1 Å². The molecule has 6 nitrogen and oxygen atoms in total. The molecule has 0 aliphatic carbocycles. The van der Waals surface area contributed by atoms with Gasteiger partial charge >= 0.3 is 0 Å². The van der Waals surface area contributed by atoms with Gasteiger partial charge in [-0.3, -0.25) is 14.3 Å². The van der Waals surface area contributed by atoms with E-state index >= 15 is 0 Å². The molecule has 2 N–H and O–H groups in total. The molecule has 1 atom stereocenters. The molecule has 0 aromatic carbocycles. The Morgan fingerprint density at radius 2 is 2.14 bits per heavy atom. The SMILES string of the molecule is CCn1nc(C)c([C@@H](C)NC(=O)c2cccc(=O)[nH]2)c1C. The van der Waals surface area contributed by atoms with Gasteiger partial charge < -0.3 is 10.3 Å². The maximum atomic E-state index is 12.2. The van der Waals surface area contributed by atoms with E-state index in [-0.39, 0.29) is 23.2 Å². The summed E-state index contributed by atoms with van der Waals surface area (Å²) < 4.78 is 1.91. The van der Waals surface area contributed by atoms with Crippen LogP contribution >= 0.6 is 0 Å². The number of amides is 1. The minimum atomic E-state index is -0.303. The van der Waals surface area contributed by atoms with Gasteiger partial charge in [-0.2, -0.15) is 5.10 Å². The first kappa shape index (κ1) is 15.0. The van der Waals surface area contributed by atoms with Crippen molar-refractivity contribution < 1.29 is 4.79 Å². The molecule has 0 aliphatic rings. The summed E-state index contributed by atoms with van der Waals surface area (Å²) in [5.74, 6) is -0.303. The highest BCUT2D eigenvalue weighted by Gasteiger charge is 2.19. The monoisotopic (exact) mass is 288 g/mol. The molecule has 2 aromatic rings. The van der Waals surface area contributed by atoms with Gasteiger partial charge in [-0.25, -0.2) is 0 Å². The van der Waals surface area contributed by atoms with Crippen LogP contribution in [0, 0.1) is 13.8 Å². The van der Waals surface area contributed by atoms with E-state index in [0.717, 1.165) is 23.5 Å². The largest absolute Gasteiger partial charge is 0.344 e. The van der Waals surface area contributed by atoms with Crippen LogP contribution in [0.25, 0.3) is 0 Å². The van der Waals surface area contributed by atoms with E-state index in [0.29, 0.717) is 0 Å². The Morgan fingerprint density at radius 1 is 1.43 bits per heavy atom. The normalized spacial score (nSPS) is 12.2. The summed E-state index contributed by atoms with van der Waals surface area (Å²) in [6, 6.07) is 4.34. The lowest BCUT2D eigenvalue weighted by atomic mass is 10.1. The zero-order valence-corrected chi connectivity index (χ0v) is 12.7. The first-order valence-corrected chi connectivity index (χ1v) is 6.98. The van der Waals surface area contributed by atoms with Crippen LogP contribution in [0.2, 0.25) is 0 Å². The smallest absolute Gasteiger partial charge is 0.268 e. The Hall–Kier alpha value is -2.37. The Bertz CT molecular complexity index is 715. The lowest BCUT2D eigenvalue weighted by Crippen LogP contribution is -2.29. The van der Waals surface area contributed by atoms with Crippen LogP contribution in [0.4, 0.5) is 0 Å². The molecule has 0 saturated heterocycles. The third-order valence-electron chi connectivity index (χ3n) is 3.53. The number of carbonyl (C=O) groups is 1. The van der Waals surface area contributed by atoms with Gasteiger partial charge in [0, 0.05) is 23.9 Å². The van der Waals surface area contributed by atoms with Crippen LogP contribution in [-0.2, 0) is 6.54 Å². The second-order valence-electron chi connectivity index (χ2n) is 5.02. The summed E-state index contributed by atoms with van der Waals surface area (Å²) >= 11 is 0. The average Bonchev–Trinajstić information content (AvgIpc) is 2.73. The van der Waals surface area contributed by atoms with E-state index in [1.807, 2.05) is 32.4 Å². The van der Waals surface area contributed by atoms with Crippen molar-refractivity contribution in [3.05, 3.63) is 51.2 Å². The molecule has 1 amide bonds. The molecule has 21 heavy (non-hydrogen) atoms. The number of carbonyl (C=O) groups excluding carboxylic acids is 1. The van der Waals surface area contributed by atoms with Crippen LogP contribution in [-0.4, -0.2) is 20.7 Å². The van der Waals surface area contributed by atoms with E-state index in [1.165, 1.54) is 6.07 Å². The molecule has 0 radical (unpaired) electrons. The van der Waals surface area contributed by atoms with Gasteiger partial charge in [-0.15, -0.1) is 0 Å². The number of pyridine rings is 1. The van der Waals surface area contributed by atoms with Crippen molar-refractivity contribution in [2.24, 2.45) is 0 Å². The predicted octanol–water partition coefficient (Wildman–Crippen LogP) is 1.70. The van der Waals surface area contributed by atoms with E-state index in [2.05, 4.69) is 15.4 Å². The van der Waals surface area contributed by atoms with E-state index in [1.54, 1.807) is 12.1 Å². The fraction of sp³-hybridized carbons (Fsp3) is 0.400. The van der Waals surface area contributed by atoms with Crippen LogP contribution in [0.15, 0.2) is 23.0 Å². The maximum Gasteiger partial charge on any atom is 0.268 e. The zero-order chi connectivity index (χ0) is 15.6. The lowest BCUT2D eigenvalue weighted by molar-refractivity contribution is 0.0934. The highest BCUT2D eigenvalue weighted by molar-refractivity contribution is 5.92. The average molecular weight is 288 g/mol. The molecule has 0 aliphatic heterocycles. The Kier molecular flexibility index (Phi) is 4.26. The van der Waals surface area contributed by atoms with E-state index < -0.39 is 0 Å². The first-order chi connectivity index (χ1) is 9.93. The molecule has 6 heteroatoms. The number of rotatable bonds is 4. The number of H-pyrrole nitrogens is 1. The standard InChI is InChI=1S/C15H20N4O2/c1-5-19-11(4)14(10(3)18-19)9(2)16-15(21)12-7-6-8-13(20)17-12/h6-9H,5H2,1-4H3,(H,16,21)(H,17,20)/t9-/m1/s1. The summed E-state index contributed by atoms with van der Waals surface area (Å²) in [5.41, 5.74) is 2.94. The fourth-order valence-electron chi connectivity index (χ4n) is 2.57. The molecule has 2 aromatic heterocycles. The van der Waals surface area contributed by atoms with E-state index in [4.69, 9.17) is 0 Å². The summed E-state index contributed by atoms with van der Waals surface area (Å²) in [4.78, 5) is 25.9. The molecular formula is C15H20N4O2. The summed E-state index contributed by atoms with van der Waals surface area (Å²) in [5, 5.41) is 7.35. The van der Waals surface area contributed by atoms with Crippen molar-refractivity contribution in [2.45, 2.75) is 40.3 Å². The molecule has 0 spiro atoms. The second kappa shape index (κ2) is 5.95. The number of hydrogen-bond donors (Lipinski definition) is 2. The maximum absolute atomic E-state index is 12.2. The van der Waals surface area contributed by atoms with Gasteiger partial charge in [0.25, 0.3) is 5.91 Å². The molecule has 0 bridgehead atoms. The highest BCUT2D eigenvalue weighted by atomic mass is 16.2. The fourth-order valence-corrected chi connectivity index (χ4v) is 2.57. The van der Waals surface area contributed by atoms with Gasteiger partial charge in [-0.1, -0.05) is 6.07 Å². The summed E-state index contributed by atoms with van der Waals surface area (Å²) in [6.07, 6.45) is 0. The van der Waals surface area contributed by atoms with Gasteiger partial charge in [0.1, 0.15) is 5.69 Å². The molecular weight excluding hydrogens is 268 g/mol. The highest BCUT2D eigenvalue weighted by Crippen LogP contribution is 2.21. The summed E-state index contributed by atoms with van der Waals surface area (Å²) in [6.45, 7) is 8.66. The lowest BCUT2D eigenvalue weighted by Gasteiger charge is -2.15. The van der Waals surface area contributed by atoms with Crippen molar-refractivity contribution in [3.8, 4) is 0 Å². The number of nitrogens with zero attached hydrogens (tertiary/aromatic N) is 2. The third-order valence-corrected chi connectivity index (χ3v) is 3.53. The number of aryl methyl sites for hydroxylation is 2. The van der Waals surface area contributed by atoms with Crippen molar-refractivity contribution in [2.75, 3.05) is 0 Å². The van der Waals surface area contributed by atoms with Crippen LogP contribution in [0.3, 0.4) is 0 Å². The molecule has 0 fully saturated rings. The topological polar surface area (TPSA) is 79.8 Å². The quantitative estimate of drug-likeness (QED) is 0.898. The van der Waals surface area contributed by atoms with Gasteiger partial charge in [-0.05, 0) is 33.8 Å². The minimum Gasteiger partial charge on any atom is -0.344 e. The molecule has 2 rings (SSSR count). The number of hydrogen-bond acceptors (Lipinski definition) is 3. The van der Waals surface area contributed by atoms with Crippen LogP contribution in [0.1, 0.15) is 47.3 Å². The number of aromatic nitrogens is 3. The summed E-state index contributed by atoms with van der Waals surface area (Å²) in [7, 11) is 0.